The number of carbonyl (C=O) groups is 2. The summed E-state index contributed by atoms with van der Waals surface area (Å²) >= 11 is 1.38. The van der Waals surface area contributed by atoms with Crippen molar-refractivity contribution in [3.63, 3.8) is 0 Å². The third-order valence-electron chi connectivity index (χ3n) is 3.53. The van der Waals surface area contributed by atoms with Crippen molar-refractivity contribution in [3.8, 4) is 6.07 Å². The maximum absolute atomic E-state index is 12.0. The zero-order valence-corrected chi connectivity index (χ0v) is 15.2. The molecule has 1 heterocycles. The number of pyridine rings is 1. The number of nitriles is 1. The van der Waals surface area contributed by atoms with Crippen LogP contribution in [-0.2, 0) is 11.2 Å². The van der Waals surface area contributed by atoms with E-state index in [4.69, 9.17) is 5.11 Å². The Balaban J connectivity index is 1.89. The molecule has 2 aromatic rings. The van der Waals surface area contributed by atoms with Gasteiger partial charge in [-0.15, -0.1) is 11.8 Å². The van der Waals surface area contributed by atoms with Crippen molar-refractivity contribution >= 4 is 29.3 Å². The van der Waals surface area contributed by atoms with Crippen LogP contribution in [0.25, 0.3) is 0 Å². The minimum Gasteiger partial charge on any atom is -0.478 e. The van der Waals surface area contributed by atoms with Crippen molar-refractivity contribution in [1.82, 2.24) is 4.98 Å². The van der Waals surface area contributed by atoms with Gasteiger partial charge < -0.3 is 10.4 Å². The van der Waals surface area contributed by atoms with Gasteiger partial charge >= 0.3 is 5.97 Å². The summed E-state index contributed by atoms with van der Waals surface area (Å²) in [5.41, 5.74) is 2.17. The van der Waals surface area contributed by atoms with E-state index in [1.165, 1.54) is 23.9 Å². The number of benzene rings is 1. The SMILES string of the molecule is CCCc1ccc(C#N)c(SCCC(=O)Nc2ccc(C(=O)O)cc2)n1. The Morgan fingerprint density at radius 2 is 1.96 bits per heavy atom. The third kappa shape index (κ3) is 5.60. The Labute approximate surface area is 156 Å². The zero-order valence-electron chi connectivity index (χ0n) is 14.4. The largest absolute Gasteiger partial charge is 0.478 e. The Kier molecular flexibility index (Phi) is 7.18. The average Bonchev–Trinajstić information content (AvgIpc) is 2.62. The molecule has 26 heavy (non-hydrogen) atoms. The van der Waals surface area contributed by atoms with Crippen LogP contribution in [0.5, 0.6) is 0 Å². The topological polar surface area (TPSA) is 103 Å². The van der Waals surface area contributed by atoms with Crippen LogP contribution in [0.4, 0.5) is 5.69 Å². The van der Waals surface area contributed by atoms with Crippen LogP contribution in [0.2, 0.25) is 0 Å². The first-order valence-corrected chi connectivity index (χ1v) is 9.18. The molecular weight excluding hydrogens is 350 g/mol. The molecule has 0 aliphatic carbocycles. The molecule has 134 valence electrons. The molecule has 1 aromatic heterocycles. The maximum Gasteiger partial charge on any atom is 0.335 e. The number of hydrogen-bond donors (Lipinski definition) is 2. The summed E-state index contributed by atoms with van der Waals surface area (Å²) < 4.78 is 0. The van der Waals surface area contributed by atoms with Crippen molar-refractivity contribution < 1.29 is 14.7 Å². The van der Waals surface area contributed by atoms with E-state index in [0.717, 1.165) is 18.5 Å². The third-order valence-corrected chi connectivity index (χ3v) is 4.52. The molecule has 0 fully saturated rings. The second-order valence-corrected chi connectivity index (χ2v) is 6.63. The fourth-order valence-corrected chi connectivity index (χ4v) is 3.16. The summed E-state index contributed by atoms with van der Waals surface area (Å²) in [6, 6.07) is 11.7. The highest BCUT2D eigenvalue weighted by Crippen LogP contribution is 2.22. The van der Waals surface area contributed by atoms with Crippen molar-refractivity contribution in [2.24, 2.45) is 0 Å². The van der Waals surface area contributed by atoms with Gasteiger partial charge in [0.25, 0.3) is 0 Å². The van der Waals surface area contributed by atoms with Gasteiger partial charge in [0.1, 0.15) is 11.1 Å². The second-order valence-electron chi connectivity index (χ2n) is 5.55. The molecule has 7 heteroatoms. The molecule has 1 amide bonds. The number of nitrogens with one attached hydrogen (secondary N) is 1. The van der Waals surface area contributed by atoms with E-state index in [-0.39, 0.29) is 17.9 Å². The summed E-state index contributed by atoms with van der Waals surface area (Å²) in [7, 11) is 0. The van der Waals surface area contributed by atoms with Crippen LogP contribution in [-0.4, -0.2) is 27.7 Å². The van der Waals surface area contributed by atoms with E-state index in [9.17, 15) is 14.9 Å². The number of aryl methyl sites for hydroxylation is 1. The van der Waals surface area contributed by atoms with Crippen molar-refractivity contribution in [2.75, 3.05) is 11.1 Å². The molecule has 0 atom stereocenters. The van der Waals surface area contributed by atoms with E-state index < -0.39 is 5.97 Å². The first-order valence-electron chi connectivity index (χ1n) is 8.19. The van der Waals surface area contributed by atoms with Gasteiger partial charge in [0, 0.05) is 23.6 Å². The summed E-state index contributed by atoms with van der Waals surface area (Å²) in [6.07, 6.45) is 2.09. The van der Waals surface area contributed by atoms with Crippen LogP contribution in [0.15, 0.2) is 41.4 Å². The summed E-state index contributed by atoms with van der Waals surface area (Å²) in [5, 5.41) is 21.4. The van der Waals surface area contributed by atoms with E-state index in [0.29, 0.717) is 22.0 Å². The smallest absolute Gasteiger partial charge is 0.335 e. The standard InChI is InChI=1S/C19H19N3O3S/c1-2-3-15-9-6-14(12-20)18(22-15)26-11-10-17(23)21-16-7-4-13(5-8-16)19(24)25/h4-9H,2-3,10-11H2,1H3,(H,21,23)(H,24,25). The summed E-state index contributed by atoms with van der Waals surface area (Å²) in [4.78, 5) is 27.3. The minimum atomic E-state index is -1.01. The highest BCUT2D eigenvalue weighted by Gasteiger charge is 2.09. The average molecular weight is 369 g/mol. The number of carbonyl (C=O) groups excluding carboxylic acids is 1. The normalized spacial score (nSPS) is 10.2. The number of hydrogen-bond acceptors (Lipinski definition) is 5. The highest BCUT2D eigenvalue weighted by molar-refractivity contribution is 7.99. The fraction of sp³-hybridized carbons (Fsp3) is 0.263. The van der Waals surface area contributed by atoms with Crippen LogP contribution in [0.1, 0.15) is 41.4 Å². The molecule has 0 bridgehead atoms. The quantitative estimate of drug-likeness (QED) is 0.687. The van der Waals surface area contributed by atoms with Crippen LogP contribution < -0.4 is 5.32 Å². The lowest BCUT2D eigenvalue weighted by molar-refractivity contribution is -0.115. The molecule has 6 nitrogen and oxygen atoms in total. The number of aromatic nitrogens is 1. The van der Waals surface area contributed by atoms with Gasteiger partial charge in [-0.2, -0.15) is 5.26 Å². The summed E-state index contributed by atoms with van der Waals surface area (Å²) in [5.74, 6) is -0.690. The van der Waals surface area contributed by atoms with Crippen molar-refractivity contribution in [2.45, 2.75) is 31.2 Å². The number of thioether (sulfide) groups is 1. The molecule has 0 saturated carbocycles. The number of anilines is 1. The molecule has 0 aliphatic rings. The van der Waals surface area contributed by atoms with Crippen molar-refractivity contribution in [1.29, 1.82) is 5.26 Å². The predicted molar refractivity (Wildman–Crippen MR) is 100 cm³/mol. The highest BCUT2D eigenvalue weighted by atomic mass is 32.2. The lowest BCUT2D eigenvalue weighted by Crippen LogP contribution is -2.12. The number of carboxylic acid groups (broad SMARTS) is 1. The lowest BCUT2D eigenvalue weighted by atomic mass is 10.2. The Bertz CT molecular complexity index is 829. The molecular formula is C19H19N3O3S. The second kappa shape index (κ2) is 9.59. The van der Waals surface area contributed by atoms with Gasteiger partial charge in [-0.3, -0.25) is 4.79 Å². The number of amides is 1. The molecule has 0 unspecified atom stereocenters. The van der Waals surface area contributed by atoms with Crippen LogP contribution in [0.3, 0.4) is 0 Å². The Hall–Kier alpha value is -2.85. The first-order chi connectivity index (χ1) is 12.5. The molecule has 0 saturated heterocycles. The summed E-state index contributed by atoms with van der Waals surface area (Å²) in [6.45, 7) is 2.07. The Morgan fingerprint density at radius 1 is 1.23 bits per heavy atom. The zero-order chi connectivity index (χ0) is 18.9. The van der Waals surface area contributed by atoms with Gasteiger partial charge in [0.2, 0.25) is 5.91 Å². The maximum atomic E-state index is 12.0. The van der Waals surface area contributed by atoms with E-state index in [1.807, 2.05) is 6.07 Å². The number of aromatic carboxylic acids is 1. The molecule has 2 N–H and O–H groups in total. The molecule has 0 aliphatic heterocycles. The van der Waals surface area contributed by atoms with Gasteiger partial charge in [0.15, 0.2) is 0 Å². The monoisotopic (exact) mass is 369 g/mol. The van der Waals surface area contributed by atoms with E-state index in [1.54, 1.807) is 18.2 Å². The van der Waals surface area contributed by atoms with Gasteiger partial charge in [0.05, 0.1) is 11.1 Å². The number of carboxylic acids is 1. The van der Waals surface area contributed by atoms with Crippen LogP contribution in [0, 0.1) is 11.3 Å². The Morgan fingerprint density at radius 3 is 2.58 bits per heavy atom. The van der Waals surface area contributed by atoms with Gasteiger partial charge in [-0.25, -0.2) is 9.78 Å². The van der Waals surface area contributed by atoms with E-state index >= 15 is 0 Å². The first kappa shape index (κ1) is 19.5. The molecule has 1 aromatic carbocycles. The molecule has 0 spiro atoms. The van der Waals surface area contributed by atoms with Gasteiger partial charge in [-0.05, 0) is 42.8 Å². The fourth-order valence-electron chi connectivity index (χ4n) is 2.23. The molecule has 2 rings (SSSR count). The van der Waals surface area contributed by atoms with Gasteiger partial charge in [-0.1, -0.05) is 13.3 Å². The van der Waals surface area contributed by atoms with E-state index in [2.05, 4.69) is 23.3 Å². The predicted octanol–water partition coefficient (Wildman–Crippen LogP) is 3.72. The van der Waals surface area contributed by atoms with Crippen LogP contribution >= 0.6 is 11.8 Å². The minimum absolute atomic E-state index is 0.167. The number of rotatable bonds is 8. The molecule has 0 radical (unpaired) electrons. The number of nitrogens with zero attached hydrogens (tertiary/aromatic N) is 2. The van der Waals surface area contributed by atoms with Crippen molar-refractivity contribution in [3.05, 3.63) is 53.2 Å². The lowest BCUT2D eigenvalue weighted by Gasteiger charge is -2.07.